The van der Waals surface area contributed by atoms with E-state index >= 15 is 0 Å². The Balaban J connectivity index is 2.86. The van der Waals surface area contributed by atoms with Gasteiger partial charge in [0.2, 0.25) is 10.0 Å². The molecule has 0 aromatic heterocycles. The summed E-state index contributed by atoms with van der Waals surface area (Å²) in [5.74, 6) is -1.81. The van der Waals surface area contributed by atoms with Gasteiger partial charge < -0.3 is 9.47 Å². The minimum atomic E-state index is -3.72. The number of carbonyl (C=O) groups excluding carboxylic acids is 2. The lowest BCUT2D eigenvalue weighted by Gasteiger charge is -2.23. The first-order valence-corrected chi connectivity index (χ1v) is 7.44. The molecule has 2 unspecified atom stereocenters. The highest BCUT2D eigenvalue weighted by atomic mass is 32.2. The van der Waals surface area contributed by atoms with E-state index in [9.17, 15) is 18.0 Å². The molecule has 110 valence electrons. The Morgan fingerprint density at radius 2 is 1.84 bits per heavy atom. The van der Waals surface area contributed by atoms with Crippen molar-refractivity contribution in [2.75, 3.05) is 27.8 Å². The summed E-state index contributed by atoms with van der Waals surface area (Å²) in [6.45, 7) is -0.358. The van der Waals surface area contributed by atoms with Gasteiger partial charge in [-0.2, -0.15) is 4.31 Å². The quantitative estimate of drug-likeness (QED) is 0.650. The van der Waals surface area contributed by atoms with E-state index in [-0.39, 0.29) is 6.54 Å². The van der Waals surface area contributed by atoms with Gasteiger partial charge in [-0.15, -0.1) is 0 Å². The van der Waals surface area contributed by atoms with Crippen molar-refractivity contribution >= 4 is 22.0 Å². The highest BCUT2D eigenvalue weighted by Gasteiger charge is 2.44. The summed E-state index contributed by atoms with van der Waals surface area (Å²) in [5, 5.41) is -0.824. The van der Waals surface area contributed by atoms with E-state index in [2.05, 4.69) is 9.47 Å². The minimum Gasteiger partial charge on any atom is -0.469 e. The molecular weight excluding hydrogens is 274 g/mol. The molecule has 0 amide bonds. The second kappa shape index (κ2) is 6.33. The van der Waals surface area contributed by atoms with Crippen molar-refractivity contribution in [2.24, 2.45) is 5.92 Å². The molecule has 0 aromatic carbocycles. The molecule has 0 aliphatic heterocycles. The Kier molecular flexibility index (Phi) is 5.30. The van der Waals surface area contributed by atoms with Crippen molar-refractivity contribution in [3.8, 4) is 0 Å². The second-order valence-electron chi connectivity index (χ2n) is 4.48. The highest BCUT2D eigenvalue weighted by Crippen LogP contribution is 2.33. The van der Waals surface area contributed by atoms with Crippen molar-refractivity contribution in [3.05, 3.63) is 0 Å². The molecule has 1 aliphatic carbocycles. The standard InChI is InChI=1S/C11H19NO6S/c1-12(7-10(13)17-2)19(15,16)9-6-4-5-8(9)11(14)18-3/h8-9H,4-7H2,1-3H3. The Morgan fingerprint density at radius 1 is 1.21 bits per heavy atom. The Morgan fingerprint density at radius 3 is 2.37 bits per heavy atom. The number of hydrogen-bond acceptors (Lipinski definition) is 6. The smallest absolute Gasteiger partial charge is 0.320 e. The minimum absolute atomic E-state index is 0.358. The molecule has 0 heterocycles. The Hall–Kier alpha value is -1.15. The fourth-order valence-electron chi connectivity index (χ4n) is 2.27. The first-order valence-electron chi connectivity index (χ1n) is 5.94. The normalized spacial score (nSPS) is 23.4. The predicted molar refractivity (Wildman–Crippen MR) is 66.7 cm³/mol. The van der Waals surface area contributed by atoms with Crippen LogP contribution in [0.3, 0.4) is 0 Å². The van der Waals surface area contributed by atoms with E-state index in [1.165, 1.54) is 21.3 Å². The highest BCUT2D eigenvalue weighted by molar-refractivity contribution is 7.89. The molecule has 0 spiro atoms. The van der Waals surface area contributed by atoms with Crippen LogP contribution in [0.1, 0.15) is 19.3 Å². The molecule has 1 rings (SSSR count). The zero-order valence-electron chi connectivity index (χ0n) is 11.3. The maximum atomic E-state index is 12.3. The summed E-state index contributed by atoms with van der Waals surface area (Å²) in [7, 11) is 0.0167. The fourth-order valence-corrected chi connectivity index (χ4v) is 4.15. The van der Waals surface area contributed by atoms with Gasteiger partial charge in [0.15, 0.2) is 0 Å². The van der Waals surface area contributed by atoms with E-state index in [0.717, 1.165) is 4.31 Å². The van der Waals surface area contributed by atoms with E-state index in [1.54, 1.807) is 0 Å². The van der Waals surface area contributed by atoms with Gasteiger partial charge >= 0.3 is 11.9 Å². The Bertz CT molecular complexity index is 446. The van der Waals surface area contributed by atoms with Crippen LogP contribution in [0.2, 0.25) is 0 Å². The molecule has 1 aliphatic rings. The van der Waals surface area contributed by atoms with Crippen LogP contribution in [0.15, 0.2) is 0 Å². The van der Waals surface area contributed by atoms with Crippen LogP contribution in [0, 0.1) is 5.92 Å². The molecule has 0 aromatic rings. The zero-order chi connectivity index (χ0) is 14.6. The summed E-state index contributed by atoms with van der Waals surface area (Å²) in [6.07, 6.45) is 1.53. The number of methoxy groups -OCH3 is 2. The van der Waals surface area contributed by atoms with Gasteiger partial charge in [-0.3, -0.25) is 9.59 Å². The van der Waals surface area contributed by atoms with Gasteiger partial charge in [0.1, 0.15) is 6.54 Å². The van der Waals surface area contributed by atoms with Crippen LogP contribution in [-0.4, -0.2) is 57.7 Å². The maximum Gasteiger partial charge on any atom is 0.320 e. The fraction of sp³-hybridized carbons (Fsp3) is 0.818. The van der Waals surface area contributed by atoms with E-state index in [0.29, 0.717) is 19.3 Å². The number of esters is 2. The first-order chi connectivity index (χ1) is 8.84. The number of rotatable bonds is 5. The van der Waals surface area contributed by atoms with Gasteiger partial charge in [-0.05, 0) is 12.8 Å². The molecule has 8 heteroatoms. The van der Waals surface area contributed by atoms with Crippen molar-refractivity contribution in [3.63, 3.8) is 0 Å². The van der Waals surface area contributed by atoms with Gasteiger partial charge in [0.25, 0.3) is 0 Å². The predicted octanol–water partition coefficient (Wildman–Crippen LogP) is -0.237. The third-order valence-electron chi connectivity index (χ3n) is 3.35. The van der Waals surface area contributed by atoms with E-state index in [4.69, 9.17) is 0 Å². The molecule has 7 nitrogen and oxygen atoms in total. The maximum absolute atomic E-state index is 12.3. The van der Waals surface area contributed by atoms with Gasteiger partial charge in [0.05, 0.1) is 25.4 Å². The molecule has 0 N–H and O–H groups in total. The van der Waals surface area contributed by atoms with Crippen molar-refractivity contribution in [2.45, 2.75) is 24.5 Å². The van der Waals surface area contributed by atoms with Crippen LogP contribution in [0.4, 0.5) is 0 Å². The molecular formula is C11H19NO6S. The molecule has 0 saturated heterocycles. The van der Waals surface area contributed by atoms with Crippen LogP contribution in [0.25, 0.3) is 0 Å². The van der Waals surface area contributed by atoms with Gasteiger partial charge in [-0.1, -0.05) is 6.42 Å². The number of carbonyl (C=O) groups is 2. The lowest BCUT2D eigenvalue weighted by atomic mass is 10.1. The largest absolute Gasteiger partial charge is 0.469 e. The number of sulfonamides is 1. The summed E-state index contributed by atoms with van der Waals surface area (Å²) in [4.78, 5) is 22.7. The average Bonchev–Trinajstić information content (AvgIpc) is 2.87. The van der Waals surface area contributed by atoms with Crippen molar-refractivity contribution < 1.29 is 27.5 Å². The molecule has 2 atom stereocenters. The van der Waals surface area contributed by atoms with Crippen LogP contribution in [-0.2, 0) is 29.1 Å². The van der Waals surface area contributed by atoms with Gasteiger partial charge in [0, 0.05) is 7.05 Å². The summed E-state index contributed by atoms with van der Waals surface area (Å²) in [6, 6.07) is 0. The monoisotopic (exact) mass is 293 g/mol. The SMILES string of the molecule is COC(=O)CN(C)S(=O)(=O)C1CCCC1C(=O)OC. The first kappa shape index (κ1) is 15.9. The Labute approximate surface area is 112 Å². The van der Waals surface area contributed by atoms with Crippen LogP contribution < -0.4 is 0 Å². The lowest BCUT2D eigenvalue weighted by Crippen LogP contribution is -2.42. The second-order valence-corrected chi connectivity index (χ2v) is 6.73. The van der Waals surface area contributed by atoms with Gasteiger partial charge in [-0.25, -0.2) is 8.42 Å². The number of likely N-dealkylation sites (N-methyl/N-ethyl adjacent to an activating group) is 1. The lowest BCUT2D eigenvalue weighted by molar-refractivity contribution is -0.145. The molecule has 19 heavy (non-hydrogen) atoms. The number of ether oxygens (including phenoxy) is 2. The summed E-state index contributed by atoms with van der Waals surface area (Å²) in [5.41, 5.74) is 0. The third-order valence-corrected chi connectivity index (χ3v) is 5.68. The van der Waals surface area contributed by atoms with Crippen molar-refractivity contribution in [1.29, 1.82) is 0 Å². The topological polar surface area (TPSA) is 90.0 Å². The summed E-state index contributed by atoms with van der Waals surface area (Å²) < 4.78 is 34.7. The molecule has 0 bridgehead atoms. The van der Waals surface area contributed by atoms with E-state index in [1.807, 2.05) is 0 Å². The van der Waals surface area contributed by atoms with Crippen LogP contribution >= 0.6 is 0 Å². The van der Waals surface area contributed by atoms with E-state index < -0.39 is 33.1 Å². The summed E-state index contributed by atoms with van der Waals surface area (Å²) >= 11 is 0. The molecule has 1 saturated carbocycles. The average molecular weight is 293 g/mol. The number of hydrogen-bond donors (Lipinski definition) is 0. The molecule has 0 radical (unpaired) electrons. The number of nitrogens with zero attached hydrogens (tertiary/aromatic N) is 1. The van der Waals surface area contributed by atoms with Crippen molar-refractivity contribution in [1.82, 2.24) is 4.31 Å². The van der Waals surface area contributed by atoms with Crippen LogP contribution in [0.5, 0.6) is 0 Å². The third kappa shape index (κ3) is 3.44. The molecule has 1 fully saturated rings. The zero-order valence-corrected chi connectivity index (χ0v) is 12.1.